The van der Waals surface area contributed by atoms with E-state index in [0.29, 0.717) is 5.56 Å². The van der Waals surface area contributed by atoms with Crippen LogP contribution in [0.1, 0.15) is 22.8 Å². The van der Waals surface area contributed by atoms with E-state index in [4.69, 9.17) is 0 Å². The van der Waals surface area contributed by atoms with Crippen LogP contribution in [0.15, 0.2) is 47.4 Å². The van der Waals surface area contributed by atoms with Gasteiger partial charge in [0.1, 0.15) is 0 Å². The van der Waals surface area contributed by atoms with Crippen LogP contribution in [0.2, 0.25) is 0 Å². The van der Waals surface area contributed by atoms with Gasteiger partial charge in [0.25, 0.3) is 0 Å². The van der Waals surface area contributed by atoms with Crippen LogP contribution in [0, 0.1) is 15.9 Å². The Bertz CT molecular complexity index is 703. The summed E-state index contributed by atoms with van der Waals surface area (Å²) in [6, 6.07) is 11.1. The van der Waals surface area contributed by atoms with Crippen molar-refractivity contribution in [2.24, 2.45) is 0 Å². The van der Waals surface area contributed by atoms with Gasteiger partial charge in [0.15, 0.2) is 5.78 Å². The number of carbonyl (C=O) groups is 1. The molecule has 0 heterocycles. The Labute approximate surface area is 125 Å². The first-order valence-corrected chi connectivity index (χ1v) is 7.13. The number of hydrogen-bond acceptors (Lipinski definition) is 4. The molecule has 0 radical (unpaired) electrons. The molecule has 0 saturated carbocycles. The molecule has 0 bridgehead atoms. The summed E-state index contributed by atoms with van der Waals surface area (Å²) in [6.07, 6.45) is 0. The molecule has 0 spiro atoms. The van der Waals surface area contributed by atoms with Gasteiger partial charge < -0.3 is 0 Å². The normalized spacial score (nSPS) is 10.4. The van der Waals surface area contributed by atoms with Gasteiger partial charge in [-0.2, -0.15) is 4.39 Å². The highest BCUT2D eigenvalue weighted by molar-refractivity contribution is 7.98. The van der Waals surface area contributed by atoms with Crippen LogP contribution in [0.3, 0.4) is 0 Å². The van der Waals surface area contributed by atoms with Crippen molar-refractivity contribution < 1.29 is 14.1 Å². The molecule has 0 atom stereocenters. The Balaban J connectivity index is 2.17. The molecule has 2 aromatic rings. The third-order valence-electron chi connectivity index (χ3n) is 2.89. The van der Waals surface area contributed by atoms with Crippen LogP contribution in [-0.4, -0.2) is 10.7 Å². The highest BCUT2D eigenvalue weighted by Crippen LogP contribution is 2.28. The Kier molecular flexibility index (Phi) is 4.70. The minimum absolute atomic E-state index is 0.0426. The van der Waals surface area contributed by atoms with Crippen molar-refractivity contribution in [2.75, 3.05) is 0 Å². The quantitative estimate of drug-likeness (QED) is 0.359. The van der Waals surface area contributed by atoms with Crippen molar-refractivity contribution >= 4 is 23.2 Å². The van der Waals surface area contributed by atoms with Crippen LogP contribution in [0.5, 0.6) is 0 Å². The second-order valence-corrected chi connectivity index (χ2v) is 5.43. The number of carbonyl (C=O) groups excluding carboxylic acids is 1. The minimum Gasteiger partial charge on any atom is -0.295 e. The summed E-state index contributed by atoms with van der Waals surface area (Å²) >= 11 is 1.32. The van der Waals surface area contributed by atoms with Crippen LogP contribution in [-0.2, 0) is 5.75 Å². The second-order valence-electron chi connectivity index (χ2n) is 4.38. The third kappa shape index (κ3) is 3.66. The van der Waals surface area contributed by atoms with Crippen molar-refractivity contribution in [3.8, 4) is 0 Å². The number of nitro benzene ring substituents is 1. The molecule has 0 aliphatic carbocycles. The highest BCUT2D eigenvalue weighted by atomic mass is 32.2. The van der Waals surface area contributed by atoms with E-state index in [9.17, 15) is 19.3 Å². The van der Waals surface area contributed by atoms with Crippen molar-refractivity contribution in [3.05, 3.63) is 69.5 Å². The molecule has 0 amide bonds. The summed E-state index contributed by atoms with van der Waals surface area (Å²) < 4.78 is 13.9. The summed E-state index contributed by atoms with van der Waals surface area (Å²) in [5, 5.41) is 10.7. The van der Waals surface area contributed by atoms with Crippen molar-refractivity contribution in [1.29, 1.82) is 0 Å². The topological polar surface area (TPSA) is 60.2 Å². The average Bonchev–Trinajstić information content (AvgIpc) is 2.46. The van der Waals surface area contributed by atoms with Crippen molar-refractivity contribution in [3.63, 3.8) is 0 Å². The number of Topliss-reactive ketones (excluding diaryl/α,β-unsaturated/α-hetero) is 1. The van der Waals surface area contributed by atoms with Crippen LogP contribution in [0.4, 0.5) is 10.1 Å². The van der Waals surface area contributed by atoms with Gasteiger partial charge in [-0.15, -0.1) is 11.8 Å². The molecule has 108 valence electrons. The fourth-order valence-corrected chi connectivity index (χ4v) is 2.71. The number of ketones is 1. The van der Waals surface area contributed by atoms with Gasteiger partial charge in [-0.05, 0) is 19.1 Å². The van der Waals surface area contributed by atoms with Gasteiger partial charge in [-0.1, -0.05) is 24.3 Å². The van der Waals surface area contributed by atoms with Gasteiger partial charge in [-0.3, -0.25) is 14.9 Å². The standard InChI is InChI=1S/C15H12FNO3S/c1-10(18)11-4-2-6-13(8-11)21-9-12-5-3-7-14(15(12)16)17(19)20/h2-8H,9H2,1H3. The van der Waals surface area contributed by atoms with Gasteiger partial charge in [0.2, 0.25) is 5.82 Å². The van der Waals surface area contributed by atoms with Gasteiger partial charge in [0.05, 0.1) is 4.92 Å². The highest BCUT2D eigenvalue weighted by Gasteiger charge is 2.17. The lowest BCUT2D eigenvalue weighted by molar-refractivity contribution is -0.387. The third-order valence-corrected chi connectivity index (χ3v) is 3.93. The molecule has 21 heavy (non-hydrogen) atoms. The first kappa shape index (κ1) is 15.2. The van der Waals surface area contributed by atoms with E-state index in [2.05, 4.69) is 0 Å². The van der Waals surface area contributed by atoms with E-state index < -0.39 is 16.4 Å². The molecular formula is C15H12FNO3S. The first-order valence-electron chi connectivity index (χ1n) is 6.14. The molecule has 4 nitrogen and oxygen atoms in total. The summed E-state index contributed by atoms with van der Waals surface area (Å²) in [4.78, 5) is 22.1. The second kappa shape index (κ2) is 6.49. The Morgan fingerprint density at radius 3 is 2.67 bits per heavy atom. The molecule has 0 aliphatic heterocycles. The number of thioether (sulfide) groups is 1. The average molecular weight is 305 g/mol. The number of rotatable bonds is 5. The zero-order chi connectivity index (χ0) is 15.4. The summed E-state index contributed by atoms with van der Waals surface area (Å²) in [5.41, 5.74) is 0.326. The van der Waals surface area contributed by atoms with Crippen LogP contribution in [0.25, 0.3) is 0 Å². The number of benzene rings is 2. The molecule has 2 rings (SSSR count). The lowest BCUT2D eigenvalue weighted by Crippen LogP contribution is -1.96. The molecule has 0 N–H and O–H groups in total. The SMILES string of the molecule is CC(=O)c1cccc(SCc2cccc([N+](=O)[O-])c2F)c1. The Morgan fingerprint density at radius 2 is 2.00 bits per heavy atom. The lowest BCUT2D eigenvalue weighted by Gasteiger charge is -2.05. The van der Waals surface area contributed by atoms with E-state index in [0.717, 1.165) is 11.0 Å². The number of nitrogens with zero attached hydrogens (tertiary/aromatic N) is 1. The molecule has 6 heteroatoms. The van der Waals surface area contributed by atoms with Gasteiger partial charge in [0, 0.05) is 27.8 Å². The monoisotopic (exact) mass is 305 g/mol. The van der Waals surface area contributed by atoms with Gasteiger partial charge >= 0.3 is 5.69 Å². The first-order chi connectivity index (χ1) is 9.99. The van der Waals surface area contributed by atoms with Crippen molar-refractivity contribution in [1.82, 2.24) is 0 Å². The van der Waals surface area contributed by atoms with Crippen LogP contribution < -0.4 is 0 Å². The van der Waals surface area contributed by atoms with E-state index in [1.807, 2.05) is 6.07 Å². The maximum absolute atomic E-state index is 13.9. The van der Waals surface area contributed by atoms with E-state index in [1.165, 1.54) is 30.8 Å². The molecule has 2 aromatic carbocycles. The zero-order valence-corrected chi connectivity index (χ0v) is 12.0. The van der Waals surface area contributed by atoms with Gasteiger partial charge in [-0.25, -0.2) is 0 Å². The largest absolute Gasteiger partial charge is 0.305 e. The van der Waals surface area contributed by atoms with Crippen molar-refractivity contribution in [2.45, 2.75) is 17.6 Å². The molecule has 0 saturated heterocycles. The number of halogens is 1. The smallest absolute Gasteiger partial charge is 0.295 e. The van der Waals surface area contributed by atoms with E-state index in [1.54, 1.807) is 18.2 Å². The lowest BCUT2D eigenvalue weighted by atomic mass is 10.2. The van der Waals surface area contributed by atoms with E-state index >= 15 is 0 Å². The predicted molar refractivity (Wildman–Crippen MR) is 79.1 cm³/mol. The fraction of sp³-hybridized carbons (Fsp3) is 0.133. The molecule has 0 aliphatic rings. The van der Waals surface area contributed by atoms with E-state index in [-0.39, 0.29) is 17.1 Å². The maximum atomic E-state index is 13.9. The minimum atomic E-state index is -0.808. The summed E-state index contributed by atoms with van der Waals surface area (Å²) in [7, 11) is 0. The molecule has 0 aromatic heterocycles. The van der Waals surface area contributed by atoms with Crippen LogP contribution >= 0.6 is 11.8 Å². The Morgan fingerprint density at radius 1 is 1.29 bits per heavy atom. The Hall–Kier alpha value is -2.21. The summed E-state index contributed by atoms with van der Waals surface area (Å²) in [6.45, 7) is 1.48. The predicted octanol–water partition coefficient (Wildman–Crippen LogP) is 4.23. The summed E-state index contributed by atoms with van der Waals surface area (Å²) in [5.74, 6) is -0.591. The number of hydrogen-bond donors (Lipinski definition) is 0. The maximum Gasteiger partial charge on any atom is 0.305 e. The fourth-order valence-electron chi connectivity index (χ4n) is 1.78. The number of nitro groups is 1. The molecule has 0 fully saturated rings. The molecular weight excluding hydrogens is 293 g/mol. The zero-order valence-electron chi connectivity index (χ0n) is 11.2. The molecule has 0 unspecified atom stereocenters.